The van der Waals surface area contributed by atoms with Crippen molar-refractivity contribution in [3.63, 3.8) is 0 Å². The smallest absolute Gasteiger partial charge is 0.273 e. The van der Waals surface area contributed by atoms with Crippen molar-refractivity contribution in [3.05, 3.63) is 17.8 Å². The van der Waals surface area contributed by atoms with Crippen molar-refractivity contribution in [2.45, 2.75) is 13.8 Å². The number of aromatic nitrogens is 1. The molecule has 0 bridgehead atoms. The molecule has 0 aromatic carbocycles. The Morgan fingerprint density at radius 2 is 2.31 bits per heavy atom. The van der Waals surface area contributed by atoms with E-state index in [-0.39, 0.29) is 23.9 Å². The monoisotopic (exact) mass is 182 g/mol. The largest absolute Gasteiger partial charge is 0.448 e. The van der Waals surface area contributed by atoms with E-state index < -0.39 is 0 Å². The van der Waals surface area contributed by atoms with Crippen LogP contribution in [0, 0.1) is 6.92 Å². The van der Waals surface area contributed by atoms with E-state index in [0.29, 0.717) is 5.76 Å². The molecule has 5 nitrogen and oxygen atoms in total. The second kappa shape index (κ2) is 3.84. The Morgan fingerprint density at radius 1 is 1.62 bits per heavy atom. The van der Waals surface area contributed by atoms with Gasteiger partial charge in [0.2, 0.25) is 0 Å². The van der Waals surface area contributed by atoms with Crippen molar-refractivity contribution in [2.75, 3.05) is 6.54 Å². The van der Waals surface area contributed by atoms with Gasteiger partial charge in [0, 0.05) is 0 Å². The molecule has 1 aromatic heterocycles. The van der Waals surface area contributed by atoms with Crippen LogP contribution in [0.3, 0.4) is 0 Å². The number of oxazole rings is 1. The average molecular weight is 182 g/mol. The molecule has 13 heavy (non-hydrogen) atoms. The van der Waals surface area contributed by atoms with E-state index >= 15 is 0 Å². The molecule has 1 aromatic rings. The number of ketones is 1. The van der Waals surface area contributed by atoms with Crippen LogP contribution in [0.4, 0.5) is 0 Å². The Kier molecular flexibility index (Phi) is 2.79. The van der Waals surface area contributed by atoms with E-state index in [1.54, 1.807) is 6.92 Å². The number of carbonyl (C=O) groups excluding carboxylic acids is 2. The lowest BCUT2D eigenvalue weighted by atomic mass is 10.3. The van der Waals surface area contributed by atoms with Crippen LogP contribution in [0.5, 0.6) is 0 Å². The molecule has 0 saturated heterocycles. The third kappa shape index (κ3) is 2.40. The molecule has 0 spiro atoms. The number of hydrogen-bond donors (Lipinski definition) is 1. The van der Waals surface area contributed by atoms with Crippen molar-refractivity contribution < 1.29 is 14.0 Å². The summed E-state index contributed by atoms with van der Waals surface area (Å²) >= 11 is 0. The van der Waals surface area contributed by atoms with E-state index in [1.165, 1.54) is 13.3 Å². The maximum absolute atomic E-state index is 11.2. The van der Waals surface area contributed by atoms with Gasteiger partial charge in [-0.1, -0.05) is 0 Å². The molecule has 0 aliphatic carbocycles. The van der Waals surface area contributed by atoms with Gasteiger partial charge in [-0.05, 0) is 13.8 Å². The minimum Gasteiger partial charge on any atom is -0.448 e. The maximum Gasteiger partial charge on any atom is 0.273 e. The molecule has 0 saturated carbocycles. The van der Waals surface area contributed by atoms with Crippen LogP contribution >= 0.6 is 0 Å². The number of carbonyl (C=O) groups is 2. The van der Waals surface area contributed by atoms with Crippen molar-refractivity contribution >= 4 is 11.7 Å². The zero-order valence-electron chi connectivity index (χ0n) is 7.46. The van der Waals surface area contributed by atoms with Gasteiger partial charge >= 0.3 is 0 Å². The number of Topliss-reactive ketones (excluding diaryl/α,β-unsaturated/α-hetero) is 1. The molecule has 70 valence electrons. The lowest BCUT2D eigenvalue weighted by Gasteiger charge is -1.98. The number of nitrogens with zero attached hydrogens (tertiary/aromatic N) is 1. The van der Waals surface area contributed by atoms with Crippen LogP contribution in [0.2, 0.25) is 0 Å². The molecule has 1 amide bonds. The molecule has 1 N–H and O–H groups in total. The van der Waals surface area contributed by atoms with Crippen LogP contribution in [-0.4, -0.2) is 23.2 Å². The fourth-order valence-corrected chi connectivity index (χ4v) is 0.812. The fraction of sp³-hybridized carbons (Fsp3) is 0.375. The van der Waals surface area contributed by atoms with Gasteiger partial charge in [-0.15, -0.1) is 0 Å². The number of aryl methyl sites for hydroxylation is 1. The van der Waals surface area contributed by atoms with E-state index in [2.05, 4.69) is 10.3 Å². The number of amides is 1. The Balaban J connectivity index is 2.59. The summed E-state index contributed by atoms with van der Waals surface area (Å²) < 4.78 is 4.84. The van der Waals surface area contributed by atoms with Crippen molar-refractivity contribution in [3.8, 4) is 0 Å². The normalized spacial score (nSPS) is 9.69. The van der Waals surface area contributed by atoms with Crippen molar-refractivity contribution in [2.24, 2.45) is 0 Å². The predicted molar refractivity (Wildman–Crippen MR) is 44.3 cm³/mol. The summed E-state index contributed by atoms with van der Waals surface area (Å²) in [5, 5.41) is 2.41. The number of hydrogen-bond acceptors (Lipinski definition) is 4. The van der Waals surface area contributed by atoms with E-state index in [9.17, 15) is 9.59 Å². The van der Waals surface area contributed by atoms with Gasteiger partial charge in [-0.3, -0.25) is 9.59 Å². The van der Waals surface area contributed by atoms with Gasteiger partial charge in [-0.2, -0.15) is 0 Å². The molecule has 0 aliphatic rings. The summed E-state index contributed by atoms with van der Waals surface area (Å²) in [5.74, 6) is -0.0444. The highest BCUT2D eigenvalue weighted by Crippen LogP contribution is 2.03. The second-order valence-electron chi connectivity index (χ2n) is 2.64. The second-order valence-corrected chi connectivity index (χ2v) is 2.64. The number of rotatable bonds is 3. The standard InChI is InChI=1S/C8H10N2O3/c1-5(11)3-9-8(12)7-6(2)13-4-10-7/h4H,3H2,1-2H3,(H,9,12). The minimum absolute atomic E-state index is 0.0190. The third-order valence-corrected chi connectivity index (χ3v) is 1.46. The topological polar surface area (TPSA) is 72.2 Å². The van der Waals surface area contributed by atoms with Gasteiger partial charge in [-0.25, -0.2) is 4.98 Å². The molecule has 1 rings (SSSR count). The first kappa shape index (κ1) is 9.44. The van der Waals surface area contributed by atoms with E-state index in [4.69, 9.17) is 4.42 Å². The van der Waals surface area contributed by atoms with Gasteiger partial charge in [0.25, 0.3) is 5.91 Å². The Bertz CT molecular complexity index is 330. The first-order valence-electron chi connectivity index (χ1n) is 3.79. The minimum atomic E-state index is -0.388. The SMILES string of the molecule is CC(=O)CNC(=O)c1ncoc1C. The predicted octanol–water partition coefficient (Wildman–Crippen LogP) is 0.302. The number of nitrogens with one attached hydrogen (secondary N) is 1. The Labute approximate surface area is 75.1 Å². The molecule has 0 aliphatic heterocycles. The summed E-state index contributed by atoms with van der Waals surface area (Å²) in [6.45, 7) is 3.05. The average Bonchev–Trinajstić information content (AvgIpc) is 2.47. The highest BCUT2D eigenvalue weighted by molar-refractivity contribution is 5.95. The zero-order chi connectivity index (χ0) is 9.84. The summed E-state index contributed by atoms with van der Waals surface area (Å²) in [6, 6.07) is 0. The lowest BCUT2D eigenvalue weighted by molar-refractivity contribution is -0.116. The molecule has 0 fully saturated rings. The first-order valence-corrected chi connectivity index (χ1v) is 3.79. The summed E-state index contributed by atoms with van der Waals surface area (Å²) in [7, 11) is 0. The molecule has 5 heteroatoms. The lowest BCUT2D eigenvalue weighted by Crippen LogP contribution is -2.28. The summed E-state index contributed by atoms with van der Waals surface area (Å²) in [5.41, 5.74) is 0.223. The van der Waals surface area contributed by atoms with Gasteiger partial charge in [0.1, 0.15) is 11.5 Å². The van der Waals surface area contributed by atoms with Crippen molar-refractivity contribution in [1.29, 1.82) is 0 Å². The zero-order valence-corrected chi connectivity index (χ0v) is 7.46. The van der Waals surface area contributed by atoms with Gasteiger partial charge < -0.3 is 9.73 Å². The van der Waals surface area contributed by atoms with Crippen LogP contribution in [0.1, 0.15) is 23.2 Å². The third-order valence-electron chi connectivity index (χ3n) is 1.46. The maximum atomic E-state index is 11.2. The van der Waals surface area contributed by atoms with Gasteiger partial charge in [0.15, 0.2) is 12.1 Å². The highest BCUT2D eigenvalue weighted by Gasteiger charge is 2.12. The molecule has 1 heterocycles. The Hall–Kier alpha value is -1.65. The molecular formula is C8H10N2O3. The summed E-state index contributed by atoms with van der Waals surface area (Å²) in [6.07, 6.45) is 1.19. The Morgan fingerprint density at radius 3 is 2.77 bits per heavy atom. The van der Waals surface area contributed by atoms with E-state index in [0.717, 1.165) is 0 Å². The molecule has 0 radical (unpaired) electrons. The summed E-state index contributed by atoms with van der Waals surface area (Å²) in [4.78, 5) is 25.5. The molecule has 0 atom stereocenters. The van der Waals surface area contributed by atoms with E-state index in [1.807, 2.05) is 0 Å². The van der Waals surface area contributed by atoms with Crippen LogP contribution < -0.4 is 5.32 Å². The quantitative estimate of drug-likeness (QED) is 0.729. The highest BCUT2D eigenvalue weighted by atomic mass is 16.3. The van der Waals surface area contributed by atoms with Crippen LogP contribution in [-0.2, 0) is 4.79 Å². The molecular weight excluding hydrogens is 172 g/mol. The van der Waals surface area contributed by atoms with Gasteiger partial charge in [0.05, 0.1) is 6.54 Å². The first-order chi connectivity index (χ1) is 6.11. The molecule has 0 unspecified atom stereocenters. The van der Waals surface area contributed by atoms with Crippen LogP contribution in [0.25, 0.3) is 0 Å². The fourth-order valence-electron chi connectivity index (χ4n) is 0.812. The van der Waals surface area contributed by atoms with Crippen molar-refractivity contribution in [1.82, 2.24) is 10.3 Å². The van der Waals surface area contributed by atoms with Crippen LogP contribution in [0.15, 0.2) is 10.8 Å².